The molecular weight excluding hydrogens is 162 g/mol. The van der Waals surface area contributed by atoms with Crippen LogP contribution in [-0.2, 0) is 0 Å². The van der Waals surface area contributed by atoms with Crippen LogP contribution in [0.5, 0.6) is 0 Å². The van der Waals surface area contributed by atoms with Crippen molar-refractivity contribution in [3.63, 3.8) is 0 Å². The standard InChI is InChI=1S/C10H11N3/c11-5-8-6-12-7-9(8)10-3-1-2-4-13-10/h1-4,8-9,12H,6-7H2/t8-,9+/m1/s1. The van der Waals surface area contributed by atoms with Gasteiger partial charge in [0.2, 0.25) is 0 Å². The first-order valence-corrected chi connectivity index (χ1v) is 4.43. The third-order valence-electron chi connectivity index (χ3n) is 2.45. The van der Waals surface area contributed by atoms with Crippen LogP contribution in [0.4, 0.5) is 0 Å². The number of pyridine rings is 1. The van der Waals surface area contributed by atoms with E-state index >= 15 is 0 Å². The van der Waals surface area contributed by atoms with Crippen molar-refractivity contribution < 1.29 is 0 Å². The van der Waals surface area contributed by atoms with Gasteiger partial charge in [0.25, 0.3) is 0 Å². The lowest BCUT2D eigenvalue weighted by atomic mass is 9.94. The number of rotatable bonds is 1. The summed E-state index contributed by atoms with van der Waals surface area (Å²) < 4.78 is 0. The van der Waals surface area contributed by atoms with Crippen molar-refractivity contribution >= 4 is 0 Å². The molecular formula is C10H11N3. The van der Waals surface area contributed by atoms with Gasteiger partial charge in [-0.15, -0.1) is 0 Å². The van der Waals surface area contributed by atoms with Gasteiger partial charge in [-0.25, -0.2) is 0 Å². The molecule has 0 saturated carbocycles. The van der Waals surface area contributed by atoms with Gasteiger partial charge in [0, 0.05) is 30.9 Å². The van der Waals surface area contributed by atoms with Gasteiger partial charge in [-0.3, -0.25) is 4.98 Å². The van der Waals surface area contributed by atoms with Crippen LogP contribution < -0.4 is 5.32 Å². The molecule has 0 aromatic carbocycles. The van der Waals surface area contributed by atoms with E-state index in [0.29, 0.717) is 0 Å². The molecule has 0 bridgehead atoms. The summed E-state index contributed by atoms with van der Waals surface area (Å²) in [5.41, 5.74) is 1.03. The van der Waals surface area contributed by atoms with E-state index in [-0.39, 0.29) is 11.8 Å². The van der Waals surface area contributed by atoms with Gasteiger partial charge < -0.3 is 5.32 Å². The zero-order chi connectivity index (χ0) is 9.10. The van der Waals surface area contributed by atoms with Gasteiger partial charge in [0.05, 0.1) is 12.0 Å². The Morgan fingerprint density at radius 2 is 2.38 bits per heavy atom. The molecule has 3 heteroatoms. The maximum atomic E-state index is 8.88. The van der Waals surface area contributed by atoms with Gasteiger partial charge in [-0.1, -0.05) is 6.07 Å². The normalized spacial score (nSPS) is 27.0. The van der Waals surface area contributed by atoms with Crippen molar-refractivity contribution in [1.82, 2.24) is 10.3 Å². The summed E-state index contributed by atoms with van der Waals surface area (Å²) in [5.74, 6) is 0.348. The van der Waals surface area contributed by atoms with Crippen molar-refractivity contribution in [2.24, 2.45) is 5.92 Å². The Labute approximate surface area is 77.4 Å². The van der Waals surface area contributed by atoms with Crippen LogP contribution in [0.3, 0.4) is 0 Å². The molecule has 3 nitrogen and oxygen atoms in total. The molecule has 2 atom stereocenters. The smallest absolute Gasteiger partial charge is 0.0683 e. The van der Waals surface area contributed by atoms with Gasteiger partial charge in [0.15, 0.2) is 0 Å². The predicted octanol–water partition coefficient (Wildman–Crippen LogP) is 0.908. The summed E-state index contributed by atoms with van der Waals surface area (Å²) in [6, 6.07) is 8.16. The van der Waals surface area contributed by atoms with Crippen molar-refractivity contribution in [3.05, 3.63) is 30.1 Å². The highest BCUT2D eigenvalue weighted by Gasteiger charge is 2.28. The predicted molar refractivity (Wildman–Crippen MR) is 49.0 cm³/mol. The highest BCUT2D eigenvalue weighted by Crippen LogP contribution is 2.25. The molecule has 1 aliphatic rings. The fourth-order valence-electron chi connectivity index (χ4n) is 1.72. The Kier molecular flexibility index (Phi) is 2.24. The summed E-state index contributed by atoms with van der Waals surface area (Å²) in [4.78, 5) is 4.27. The van der Waals surface area contributed by atoms with Crippen LogP contribution in [0.1, 0.15) is 11.6 Å². The SMILES string of the molecule is N#C[C@@H]1CNC[C@@H]1c1ccccn1. The van der Waals surface area contributed by atoms with E-state index in [1.807, 2.05) is 18.2 Å². The zero-order valence-electron chi connectivity index (χ0n) is 7.27. The molecule has 1 saturated heterocycles. The van der Waals surface area contributed by atoms with Crippen molar-refractivity contribution in [1.29, 1.82) is 5.26 Å². The van der Waals surface area contributed by atoms with Crippen LogP contribution in [0.2, 0.25) is 0 Å². The minimum atomic E-state index is 0.0786. The van der Waals surface area contributed by atoms with Gasteiger partial charge in [0.1, 0.15) is 0 Å². The number of aromatic nitrogens is 1. The second-order valence-electron chi connectivity index (χ2n) is 3.25. The van der Waals surface area contributed by atoms with E-state index in [0.717, 1.165) is 18.8 Å². The third-order valence-corrected chi connectivity index (χ3v) is 2.45. The Morgan fingerprint density at radius 3 is 3.08 bits per heavy atom. The molecule has 0 spiro atoms. The summed E-state index contributed by atoms with van der Waals surface area (Å²) in [7, 11) is 0. The Bertz CT molecular complexity index is 315. The molecule has 1 aliphatic heterocycles. The molecule has 1 aromatic rings. The summed E-state index contributed by atoms with van der Waals surface area (Å²) >= 11 is 0. The number of nitrogens with one attached hydrogen (secondary N) is 1. The van der Waals surface area contributed by atoms with Crippen molar-refractivity contribution in [2.75, 3.05) is 13.1 Å². The quantitative estimate of drug-likeness (QED) is 0.686. The molecule has 0 unspecified atom stereocenters. The third kappa shape index (κ3) is 1.53. The van der Waals surface area contributed by atoms with Crippen LogP contribution >= 0.6 is 0 Å². The van der Waals surface area contributed by atoms with Gasteiger partial charge in [-0.05, 0) is 12.1 Å². The lowest BCUT2D eigenvalue weighted by Gasteiger charge is -2.10. The van der Waals surface area contributed by atoms with E-state index in [1.165, 1.54) is 0 Å². The summed E-state index contributed by atoms with van der Waals surface area (Å²) in [6.07, 6.45) is 1.78. The van der Waals surface area contributed by atoms with Crippen molar-refractivity contribution in [2.45, 2.75) is 5.92 Å². The Balaban J connectivity index is 2.22. The Hall–Kier alpha value is -1.40. The van der Waals surface area contributed by atoms with Crippen LogP contribution in [0, 0.1) is 17.2 Å². The lowest BCUT2D eigenvalue weighted by molar-refractivity contribution is 0.629. The first-order chi connectivity index (χ1) is 6.42. The first kappa shape index (κ1) is 8.21. The van der Waals surface area contributed by atoms with E-state index in [2.05, 4.69) is 16.4 Å². The molecule has 1 N–H and O–H groups in total. The summed E-state index contributed by atoms with van der Waals surface area (Å²) in [5, 5.41) is 12.1. The molecule has 1 fully saturated rings. The van der Waals surface area contributed by atoms with Gasteiger partial charge >= 0.3 is 0 Å². The van der Waals surface area contributed by atoms with Crippen LogP contribution in [0.15, 0.2) is 24.4 Å². The maximum absolute atomic E-state index is 8.88. The first-order valence-electron chi connectivity index (χ1n) is 4.43. The molecule has 0 amide bonds. The van der Waals surface area contributed by atoms with Crippen molar-refractivity contribution in [3.8, 4) is 6.07 Å². The van der Waals surface area contributed by atoms with Crippen LogP contribution in [-0.4, -0.2) is 18.1 Å². The fourth-order valence-corrected chi connectivity index (χ4v) is 1.72. The molecule has 2 heterocycles. The summed E-state index contributed by atoms with van der Waals surface area (Å²) in [6.45, 7) is 1.66. The minimum Gasteiger partial charge on any atom is -0.315 e. The number of nitriles is 1. The van der Waals surface area contributed by atoms with Gasteiger partial charge in [-0.2, -0.15) is 5.26 Å². The molecule has 2 rings (SSSR count). The zero-order valence-corrected chi connectivity index (χ0v) is 7.27. The van der Waals surface area contributed by atoms with E-state index < -0.39 is 0 Å². The molecule has 1 aromatic heterocycles. The molecule has 0 aliphatic carbocycles. The lowest BCUT2D eigenvalue weighted by Crippen LogP contribution is -2.09. The highest BCUT2D eigenvalue weighted by atomic mass is 14.9. The van der Waals surface area contributed by atoms with E-state index in [4.69, 9.17) is 5.26 Å². The molecule has 13 heavy (non-hydrogen) atoms. The largest absolute Gasteiger partial charge is 0.315 e. The monoisotopic (exact) mass is 173 g/mol. The average Bonchev–Trinajstić information content (AvgIpc) is 2.67. The highest BCUT2D eigenvalue weighted by molar-refractivity contribution is 5.16. The number of hydrogen-bond donors (Lipinski definition) is 1. The second-order valence-corrected chi connectivity index (χ2v) is 3.25. The van der Waals surface area contributed by atoms with E-state index in [1.54, 1.807) is 6.20 Å². The maximum Gasteiger partial charge on any atom is 0.0683 e. The topological polar surface area (TPSA) is 48.7 Å². The van der Waals surface area contributed by atoms with Crippen LogP contribution in [0.25, 0.3) is 0 Å². The fraction of sp³-hybridized carbons (Fsp3) is 0.400. The molecule has 66 valence electrons. The second kappa shape index (κ2) is 3.55. The minimum absolute atomic E-state index is 0.0786. The molecule has 0 radical (unpaired) electrons. The van der Waals surface area contributed by atoms with E-state index in [9.17, 15) is 0 Å². The Morgan fingerprint density at radius 1 is 1.46 bits per heavy atom. The average molecular weight is 173 g/mol. The number of hydrogen-bond acceptors (Lipinski definition) is 3. The number of nitrogens with zero attached hydrogens (tertiary/aromatic N) is 2.